The van der Waals surface area contributed by atoms with Crippen molar-refractivity contribution in [3.05, 3.63) is 76.4 Å². The fraction of sp³-hybridized carbons (Fsp3) is 0.333. The number of imidazole rings is 1. The highest BCUT2D eigenvalue weighted by molar-refractivity contribution is 6.30. The van der Waals surface area contributed by atoms with Gasteiger partial charge in [0, 0.05) is 49.8 Å². The van der Waals surface area contributed by atoms with Crippen LogP contribution in [0.4, 0.5) is 11.6 Å². The minimum absolute atomic E-state index is 0.355. The van der Waals surface area contributed by atoms with E-state index >= 15 is 0 Å². The van der Waals surface area contributed by atoms with Crippen molar-refractivity contribution < 1.29 is 15.0 Å². The number of aryl methyl sites for hydroxylation is 2. The Morgan fingerprint density at radius 1 is 1.02 bits per heavy atom. The van der Waals surface area contributed by atoms with E-state index in [-0.39, 0.29) is 0 Å². The third-order valence-corrected chi connectivity index (χ3v) is 7.40. The van der Waals surface area contributed by atoms with Crippen molar-refractivity contribution in [2.45, 2.75) is 53.2 Å². The Bertz CT molecular complexity index is 1690. The van der Waals surface area contributed by atoms with Crippen molar-refractivity contribution >= 4 is 51.5 Å². The monoisotopic (exact) mass is 574 g/mol. The molecule has 0 atom stereocenters. The summed E-state index contributed by atoms with van der Waals surface area (Å²) >= 11 is 6.19. The molecule has 0 saturated heterocycles. The first-order chi connectivity index (χ1) is 19.5. The zero-order valence-electron chi connectivity index (χ0n) is 24.9. The van der Waals surface area contributed by atoms with E-state index in [1.807, 2.05) is 36.4 Å². The molecule has 0 aliphatic carbocycles. The normalized spacial score (nSPS) is 12.6. The summed E-state index contributed by atoms with van der Waals surface area (Å²) in [5.41, 5.74) is 9.53. The van der Waals surface area contributed by atoms with Crippen molar-refractivity contribution in [2.75, 3.05) is 18.6 Å². The first-order valence-corrected chi connectivity index (χ1v) is 14.1. The first-order valence-electron chi connectivity index (χ1n) is 13.7. The molecular weight excluding hydrogens is 536 g/mol. The Labute approximate surface area is 246 Å². The van der Waals surface area contributed by atoms with Gasteiger partial charge in [-0.15, -0.1) is 0 Å². The van der Waals surface area contributed by atoms with Gasteiger partial charge in [-0.3, -0.25) is 0 Å². The van der Waals surface area contributed by atoms with E-state index in [1.165, 1.54) is 16.6 Å². The lowest BCUT2D eigenvalue weighted by molar-refractivity contribution is -0.107. The second-order valence-corrected chi connectivity index (χ2v) is 11.6. The Kier molecular flexibility index (Phi) is 8.92. The molecule has 2 aromatic heterocycles. The number of aromatic nitrogens is 3. The van der Waals surface area contributed by atoms with E-state index in [0.717, 1.165) is 71.4 Å². The molecule has 0 radical (unpaired) electrons. The molecule has 2 N–H and O–H groups in total. The average Bonchev–Trinajstić information content (AvgIpc) is 3.45. The number of rotatable bonds is 4. The molecule has 1 aliphatic heterocycles. The third kappa shape index (κ3) is 5.89. The van der Waals surface area contributed by atoms with E-state index in [0.29, 0.717) is 11.4 Å². The summed E-state index contributed by atoms with van der Waals surface area (Å²) in [4.78, 5) is 19.2. The smallest absolute Gasteiger partial charge is 0.210 e. The van der Waals surface area contributed by atoms with Gasteiger partial charge in [-0.05, 0) is 87.2 Å². The topological polar surface area (TPSA) is 83.5 Å². The molecule has 7 nitrogen and oxygen atoms in total. The summed E-state index contributed by atoms with van der Waals surface area (Å²) in [7, 11) is 3.07. The van der Waals surface area contributed by atoms with E-state index in [1.54, 1.807) is 20.8 Å². The van der Waals surface area contributed by atoms with Crippen LogP contribution in [0.2, 0.25) is 5.02 Å². The molecule has 0 bridgehead atoms. The Hall–Kier alpha value is -3.65. The molecule has 3 heterocycles. The molecule has 41 heavy (non-hydrogen) atoms. The number of fused-ring (bicyclic) bond motifs is 1. The van der Waals surface area contributed by atoms with Crippen LogP contribution in [0.5, 0.6) is 0 Å². The molecule has 6 rings (SSSR count). The standard InChI is InChI=1S/C28H25ClN4O.C4H10O.CH4O/c1-17-16-22-25(19-8-10-20(29)11-9-19)21(12-15-34)18(2)26-27(22)32(17)13-14-33(26)28-30-23-6-4-5-7-24(23)31(28)3;1-4(2,3)5;1-2/h4-11,15-16H,12-14H2,1-3H3;5H,1-3H3;2H,1H3. The number of hydrogen-bond acceptors (Lipinski definition) is 5. The SMILES string of the molecule is CC(C)(C)O.CO.Cc1c(CC=O)c(-c2ccc(Cl)cc2)c2cc(C)n3c2c1N(c1nc2ccccc2n1C)CC3. The number of anilines is 2. The van der Waals surface area contributed by atoms with E-state index in [2.05, 4.69) is 53.1 Å². The molecule has 1 aliphatic rings. The number of aliphatic hydroxyl groups excluding tert-OH is 1. The van der Waals surface area contributed by atoms with E-state index < -0.39 is 5.60 Å². The number of hydrogen-bond donors (Lipinski definition) is 2. The van der Waals surface area contributed by atoms with Gasteiger partial charge in [0.1, 0.15) is 6.29 Å². The number of benzene rings is 3. The van der Waals surface area contributed by atoms with Crippen LogP contribution < -0.4 is 4.90 Å². The first kappa shape index (κ1) is 30.3. The number of carbonyl (C=O) groups is 1. The Morgan fingerprint density at radius 3 is 2.27 bits per heavy atom. The fourth-order valence-corrected chi connectivity index (χ4v) is 5.71. The van der Waals surface area contributed by atoms with Crippen LogP contribution in [-0.2, 0) is 24.8 Å². The van der Waals surface area contributed by atoms with Crippen LogP contribution in [0.1, 0.15) is 37.6 Å². The molecule has 0 unspecified atom stereocenters. The van der Waals surface area contributed by atoms with Crippen LogP contribution in [0.3, 0.4) is 0 Å². The lowest BCUT2D eigenvalue weighted by atomic mass is 9.89. The molecule has 0 spiro atoms. The fourth-order valence-electron chi connectivity index (χ4n) is 5.58. The minimum Gasteiger partial charge on any atom is -0.400 e. The highest BCUT2D eigenvalue weighted by atomic mass is 35.5. The highest BCUT2D eigenvalue weighted by Gasteiger charge is 2.30. The summed E-state index contributed by atoms with van der Waals surface area (Å²) in [6.07, 6.45) is 1.36. The molecule has 216 valence electrons. The van der Waals surface area contributed by atoms with Crippen LogP contribution >= 0.6 is 11.6 Å². The lowest BCUT2D eigenvalue weighted by Crippen LogP contribution is -2.30. The second kappa shape index (κ2) is 12.1. The van der Waals surface area contributed by atoms with Gasteiger partial charge in [-0.2, -0.15) is 0 Å². The van der Waals surface area contributed by atoms with Gasteiger partial charge < -0.3 is 29.0 Å². The number of aliphatic hydroxyl groups is 2. The Balaban J connectivity index is 0.000000502. The van der Waals surface area contributed by atoms with Crippen molar-refractivity contribution in [3.63, 3.8) is 0 Å². The van der Waals surface area contributed by atoms with Crippen LogP contribution in [-0.4, -0.2) is 49.9 Å². The van der Waals surface area contributed by atoms with E-state index in [4.69, 9.17) is 26.8 Å². The lowest BCUT2D eigenvalue weighted by Gasteiger charge is -2.33. The summed E-state index contributed by atoms with van der Waals surface area (Å²) in [6.45, 7) is 11.2. The highest BCUT2D eigenvalue weighted by Crippen LogP contribution is 2.46. The molecule has 3 aromatic carbocycles. The molecule has 5 aromatic rings. The summed E-state index contributed by atoms with van der Waals surface area (Å²) in [5, 5.41) is 17.4. The zero-order chi connectivity index (χ0) is 30.1. The predicted molar refractivity (Wildman–Crippen MR) is 169 cm³/mol. The van der Waals surface area contributed by atoms with Gasteiger partial charge in [0.15, 0.2) is 0 Å². The van der Waals surface area contributed by atoms with Crippen molar-refractivity contribution in [1.82, 2.24) is 14.1 Å². The average molecular weight is 575 g/mol. The number of aldehydes is 1. The molecule has 0 fully saturated rings. The number of nitrogens with zero attached hydrogens (tertiary/aromatic N) is 4. The van der Waals surface area contributed by atoms with Crippen LogP contribution in [0.25, 0.3) is 33.1 Å². The zero-order valence-corrected chi connectivity index (χ0v) is 25.6. The third-order valence-electron chi connectivity index (χ3n) is 7.15. The number of carbonyl (C=O) groups excluding carboxylic acids is 1. The maximum atomic E-state index is 11.9. The van der Waals surface area contributed by atoms with Gasteiger partial charge in [0.2, 0.25) is 5.95 Å². The number of halogens is 1. The molecule has 8 heteroatoms. The summed E-state index contributed by atoms with van der Waals surface area (Å²) in [5.74, 6) is 0.923. The summed E-state index contributed by atoms with van der Waals surface area (Å²) < 4.78 is 4.57. The molecule has 0 amide bonds. The predicted octanol–water partition coefficient (Wildman–Crippen LogP) is 6.74. The van der Waals surface area contributed by atoms with Crippen LogP contribution in [0.15, 0.2) is 54.6 Å². The summed E-state index contributed by atoms with van der Waals surface area (Å²) in [6, 6.07) is 18.4. The minimum atomic E-state index is -0.500. The van der Waals surface area contributed by atoms with Gasteiger partial charge in [0.05, 0.1) is 27.8 Å². The maximum Gasteiger partial charge on any atom is 0.210 e. The molecule has 0 saturated carbocycles. The Morgan fingerprint density at radius 2 is 1.66 bits per heavy atom. The maximum absolute atomic E-state index is 11.9. The quantitative estimate of drug-likeness (QED) is 0.232. The van der Waals surface area contributed by atoms with Gasteiger partial charge in [0.25, 0.3) is 0 Å². The largest absolute Gasteiger partial charge is 0.400 e. The molecular formula is C33H39ClN4O3. The van der Waals surface area contributed by atoms with Crippen molar-refractivity contribution in [2.24, 2.45) is 7.05 Å². The van der Waals surface area contributed by atoms with Gasteiger partial charge in [-0.25, -0.2) is 4.98 Å². The van der Waals surface area contributed by atoms with Crippen molar-refractivity contribution in [1.29, 1.82) is 0 Å². The number of para-hydroxylation sites is 2. The van der Waals surface area contributed by atoms with Gasteiger partial charge >= 0.3 is 0 Å². The van der Waals surface area contributed by atoms with E-state index in [9.17, 15) is 4.79 Å². The van der Waals surface area contributed by atoms with Crippen LogP contribution in [0, 0.1) is 13.8 Å². The second-order valence-electron chi connectivity index (χ2n) is 11.2. The van der Waals surface area contributed by atoms with Gasteiger partial charge in [-0.1, -0.05) is 35.9 Å². The van der Waals surface area contributed by atoms with Crippen molar-refractivity contribution in [3.8, 4) is 11.1 Å².